The number of rotatable bonds is 3. The summed E-state index contributed by atoms with van der Waals surface area (Å²) in [5.74, 6) is 0. The summed E-state index contributed by atoms with van der Waals surface area (Å²) in [5.41, 5.74) is 11.8. The molecule has 0 unspecified atom stereocenters. The molecule has 0 radical (unpaired) electrons. The Morgan fingerprint density at radius 1 is 0.419 bits per heavy atom. The highest BCUT2D eigenvalue weighted by Crippen LogP contribution is 2.62. The Kier molecular flexibility index (Phi) is 5.55. The Morgan fingerprint density at radius 2 is 1.02 bits per heavy atom. The van der Waals surface area contributed by atoms with Gasteiger partial charge in [-0.1, -0.05) is 115 Å². The summed E-state index contributed by atoms with van der Waals surface area (Å²) in [5, 5.41) is 9.12. The van der Waals surface area contributed by atoms with E-state index in [0.717, 1.165) is 21.8 Å². The normalized spacial score (nSPS) is 13.7. The minimum absolute atomic E-state index is 0.362. The van der Waals surface area contributed by atoms with E-state index in [1.54, 1.807) is 11.3 Å². The number of benzene rings is 5. The molecule has 5 aromatic carbocycles. The van der Waals surface area contributed by atoms with E-state index in [0.29, 0.717) is 0 Å². The fourth-order valence-electron chi connectivity index (χ4n) is 6.87. The van der Waals surface area contributed by atoms with Gasteiger partial charge < -0.3 is 0 Å². The van der Waals surface area contributed by atoms with Crippen LogP contribution in [-0.2, 0) is 5.41 Å². The Labute approximate surface area is 258 Å². The van der Waals surface area contributed by atoms with Crippen molar-refractivity contribution in [3.63, 3.8) is 0 Å². The molecule has 0 amide bonds. The number of hydrogen-bond acceptors (Lipinski definition) is 4. The summed E-state index contributed by atoms with van der Waals surface area (Å²) in [6.45, 7) is 0. The highest BCUT2D eigenvalue weighted by molar-refractivity contribution is 7.99. The lowest BCUT2D eigenvalue weighted by atomic mass is 9.67. The van der Waals surface area contributed by atoms with Crippen molar-refractivity contribution in [3.8, 4) is 43.4 Å². The van der Waals surface area contributed by atoms with Crippen LogP contribution in [0.5, 0.6) is 0 Å². The van der Waals surface area contributed by atoms with E-state index in [1.165, 1.54) is 53.6 Å². The Balaban J connectivity index is 1.19. The second-order valence-electron chi connectivity index (χ2n) is 11.0. The zero-order valence-electron chi connectivity index (χ0n) is 23.1. The van der Waals surface area contributed by atoms with Gasteiger partial charge in [-0.2, -0.15) is 0 Å². The highest BCUT2D eigenvalue weighted by atomic mass is 32.2. The first-order chi connectivity index (χ1) is 21.3. The first-order valence-electron chi connectivity index (χ1n) is 14.4. The molecule has 43 heavy (non-hydrogen) atoms. The molecule has 0 N–H and O–H groups in total. The third kappa shape index (κ3) is 3.67. The van der Waals surface area contributed by atoms with Crippen LogP contribution >= 0.6 is 23.1 Å². The fraction of sp³-hybridized carbons (Fsp3) is 0.0256. The van der Waals surface area contributed by atoms with Gasteiger partial charge in [-0.15, -0.1) is 21.5 Å². The highest BCUT2D eigenvalue weighted by Gasteiger charge is 2.50. The van der Waals surface area contributed by atoms with E-state index < -0.39 is 0 Å². The summed E-state index contributed by atoms with van der Waals surface area (Å²) in [6.07, 6.45) is 0. The van der Waals surface area contributed by atoms with Crippen LogP contribution in [0.25, 0.3) is 43.4 Å². The maximum atomic E-state index is 4.59. The third-order valence-corrected chi connectivity index (χ3v) is 11.0. The van der Waals surface area contributed by atoms with Gasteiger partial charge in [0.25, 0.3) is 0 Å². The topological polar surface area (TPSA) is 25.8 Å². The lowest BCUT2D eigenvalue weighted by molar-refractivity contribution is 0.723. The molecule has 1 aliphatic heterocycles. The van der Waals surface area contributed by atoms with Gasteiger partial charge in [0.05, 0.1) is 16.0 Å². The molecule has 0 atom stereocenters. The monoisotopic (exact) mass is 584 g/mol. The zero-order chi connectivity index (χ0) is 28.4. The Morgan fingerprint density at radius 3 is 1.77 bits per heavy atom. The van der Waals surface area contributed by atoms with Crippen molar-refractivity contribution < 1.29 is 0 Å². The van der Waals surface area contributed by atoms with Gasteiger partial charge in [0.2, 0.25) is 0 Å². The molecule has 4 heteroatoms. The van der Waals surface area contributed by atoms with Crippen LogP contribution in [0.3, 0.4) is 0 Å². The van der Waals surface area contributed by atoms with Gasteiger partial charge in [0.1, 0.15) is 5.69 Å². The van der Waals surface area contributed by atoms with Gasteiger partial charge in [-0.3, -0.25) is 0 Å². The standard InChI is InChI=1S/C39H24N2S2/c1-2-10-25(11-3-1)33-19-20-34(41-40-33)38-23-22-35(42-38)26-18-21-37-32(24-26)39(31-16-8-9-17-36(31)43-37)29-14-6-4-12-27(29)28-13-5-7-15-30(28)39/h1-24H. The molecule has 1 aliphatic carbocycles. The van der Waals surface area contributed by atoms with Crippen LogP contribution < -0.4 is 0 Å². The SMILES string of the molecule is c1ccc(-c2ccc(-c3ccc(-c4ccc5c(c4)C4(c6ccccc6S5)c5ccccc5-c5ccccc54)s3)nn2)cc1. The molecular formula is C39H24N2S2. The lowest BCUT2D eigenvalue weighted by Gasteiger charge is -2.39. The summed E-state index contributed by atoms with van der Waals surface area (Å²) in [7, 11) is 0. The van der Waals surface area contributed by atoms with Crippen molar-refractivity contribution in [2.45, 2.75) is 15.2 Å². The van der Waals surface area contributed by atoms with E-state index in [9.17, 15) is 0 Å². The van der Waals surface area contributed by atoms with Crippen molar-refractivity contribution in [3.05, 3.63) is 168 Å². The summed E-state index contributed by atoms with van der Waals surface area (Å²) in [6, 6.07) is 52.7. The van der Waals surface area contributed by atoms with Gasteiger partial charge in [0.15, 0.2) is 0 Å². The summed E-state index contributed by atoms with van der Waals surface area (Å²) < 4.78 is 0. The van der Waals surface area contributed by atoms with Crippen LogP contribution in [0.2, 0.25) is 0 Å². The van der Waals surface area contributed by atoms with Crippen LogP contribution in [0.15, 0.2) is 155 Å². The van der Waals surface area contributed by atoms with Gasteiger partial charge in [0, 0.05) is 20.2 Å². The van der Waals surface area contributed by atoms with E-state index in [1.807, 2.05) is 30.0 Å². The van der Waals surface area contributed by atoms with Gasteiger partial charge in [-0.05, 0) is 81.4 Å². The maximum absolute atomic E-state index is 4.59. The molecule has 0 saturated heterocycles. The molecule has 7 aromatic rings. The molecule has 1 spiro atoms. The van der Waals surface area contributed by atoms with Crippen LogP contribution in [-0.4, -0.2) is 10.2 Å². The molecule has 2 nitrogen and oxygen atoms in total. The molecule has 0 saturated carbocycles. The van der Waals surface area contributed by atoms with E-state index >= 15 is 0 Å². The fourth-order valence-corrected chi connectivity index (χ4v) is 9.01. The average Bonchev–Trinajstić information content (AvgIpc) is 3.68. The molecule has 2 aromatic heterocycles. The molecule has 0 bridgehead atoms. The quantitative estimate of drug-likeness (QED) is 0.207. The van der Waals surface area contributed by atoms with E-state index in [-0.39, 0.29) is 5.41 Å². The maximum Gasteiger partial charge on any atom is 0.103 e. The molecule has 0 fully saturated rings. The average molecular weight is 585 g/mol. The van der Waals surface area contributed by atoms with E-state index in [2.05, 4.69) is 138 Å². The predicted octanol–water partition coefficient (Wildman–Crippen LogP) is 10.4. The Hall–Kier alpha value is -4.77. The molecule has 2 aliphatic rings. The minimum Gasteiger partial charge on any atom is -0.150 e. The van der Waals surface area contributed by atoms with Gasteiger partial charge >= 0.3 is 0 Å². The second-order valence-corrected chi connectivity index (χ2v) is 13.2. The van der Waals surface area contributed by atoms with Crippen LogP contribution in [0, 0.1) is 0 Å². The van der Waals surface area contributed by atoms with Crippen molar-refractivity contribution in [1.29, 1.82) is 0 Å². The third-order valence-electron chi connectivity index (χ3n) is 8.72. The number of fused-ring (bicyclic) bond motifs is 9. The number of aromatic nitrogens is 2. The minimum atomic E-state index is -0.362. The Bertz CT molecular complexity index is 2120. The van der Waals surface area contributed by atoms with Crippen molar-refractivity contribution in [2.75, 3.05) is 0 Å². The summed E-state index contributed by atoms with van der Waals surface area (Å²) >= 11 is 3.65. The number of hydrogen-bond donors (Lipinski definition) is 0. The number of thiophene rings is 1. The lowest BCUT2D eigenvalue weighted by Crippen LogP contribution is -2.32. The van der Waals surface area contributed by atoms with Crippen LogP contribution in [0.4, 0.5) is 0 Å². The van der Waals surface area contributed by atoms with Crippen molar-refractivity contribution in [1.82, 2.24) is 10.2 Å². The first kappa shape index (κ1) is 24.8. The van der Waals surface area contributed by atoms with E-state index in [4.69, 9.17) is 0 Å². The second kappa shape index (κ2) is 9.63. The van der Waals surface area contributed by atoms with Crippen molar-refractivity contribution >= 4 is 23.1 Å². The molecule has 202 valence electrons. The zero-order valence-corrected chi connectivity index (χ0v) is 24.7. The number of nitrogens with zero attached hydrogens (tertiary/aromatic N) is 2. The smallest absolute Gasteiger partial charge is 0.103 e. The van der Waals surface area contributed by atoms with Crippen molar-refractivity contribution in [2.24, 2.45) is 0 Å². The molecular weight excluding hydrogens is 561 g/mol. The first-order valence-corrected chi connectivity index (χ1v) is 16.0. The van der Waals surface area contributed by atoms with Gasteiger partial charge in [-0.25, -0.2) is 0 Å². The molecule has 3 heterocycles. The van der Waals surface area contributed by atoms with Crippen LogP contribution in [0.1, 0.15) is 22.3 Å². The largest absolute Gasteiger partial charge is 0.150 e. The summed E-state index contributed by atoms with van der Waals surface area (Å²) in [4.78, 5) is 4.98. The molecule has 9 rings (SSSR count). The predicted molar refractivity (Wildman–Crippen MR) is 178 cm³/mol.